The molecule has 0 fully saturated rings. The fraction of sp³-hybridized carbons (Fsp3) is 0.250. The summed E-state index contributed by atoms with van der Waals surface area (Å²) in [6.07, 6.45) is 1.86. The molecule has 0 saturated heterocycles. The van der Waals surface area contributed by atoms with Crippen molar-refractivity contribution < 1.29 is 4.74 Å². The molecule has 3 rings (SSSR count). The number of fused-ring (bicyclic) bond motifs is 1. The zero-order valence-electron chi connectivity index (χ0n) is 11.5. The summed E-state index contributed by atoms with van der Waals surface area (Å²) in [5.74, 6) is 0.712. The van der Waals surface area contributed by atoms with Crippen LogP contribution in [0.15, 0.2) is 35.5 Å². The fourth-order valence-electron chi connectivity index (χ4n) is 2.25. The van der Waals surface area contributed by atoms with Gasteiger partial charge >= 0.3 is 0 Å². The van der Waals surface area contributed by atoms with Gasteiger partial charge in [0.1, 0.15) is 12.4 Å². The molecule has 0 atom stereocenters. The molecule has 0 radical (unpaired) electrons. The monoisotopic (exact) mass is 286 g/mol. The Balaban J connectivity index is 2.16. The average Bonchev–Trinajstić information content (AvgIpc) is 2.65. The van der Waals surface area contributed by atoms with Gasteiger partial charge in [0.25, 0.3) is 0 Å². The van der Waals surface area contributed by atoms with Crippen LogP contribution in [-0.4, -0.2) is 23.8 Å². The molecule has 0 aliphatic carbocycles. The van der Waals surface area contributed by atoms with Crippen molar-refractivity contribution in [3.63, 3.8) is 0 Å². The van der Waals surface area contributed by atoms with Crippen LogP contribution in [0.2, 0.25) is 5.02 Å². The van der Waals surface area contributed by atoms with Gasteiger partial charge in [-0.1, -0.05) is 17.7 Å². The van der Waals surface area contributed by atoms with Crippen molar-refractivity contribution in [1.29, 1.82) is 0 Å². The van der Waals surface area contributed by atoms with E-state index in [0.717, 1.165) is 28.1 Å². The zero-order valence-corrected chi connectivity index (χ0v) is 12.2. The molecule has 1 aliphatic rings. The van der Waals surface area contributed by atoms with Gasteiger partial charge in [-0.05, 0) is 37.6 Å². The first-order valence-electron chi connectivity index (χ1n) is 6.56. The van der Waals surface area contributed by atoms with Gasteiger partial charge in [0.2, 0.25) is 0 Å². The summed E-state index contributed by atoms with van der Waals surface area (Å²) in [4.78, 5) is 9.06. The molecule has 3 nitrogen and oxygen atoms in total. The highest BCUT2D eigenvalue weighted by atomic mass is 35.5. The molecule has 0 unspecified atom stereocenters. The summed E-state index contributed by atoms with van der Waals surface area (Å²) in [5.41, 5.74) is 5.02. The number of aliphatic imine (C=N–C) groups is 1. The Labute approximate surface area is 123 Å². The lowest BCUT2D eigenvalue weighted by Gasteiger charge is -2.11. The van der Waals surface area contributed by atoms with E-state index >= 15 is 0 Å². The quantitative estimate of drug-likeness (QED) is 0.803. The molecule has 4 heteroatoms. The average molecular weight is 287 g/mol. The van der Waals surface area contributed by atoms with Crippen molar-refractivity contribution in [2.75, 3.05) is 13.2 Å². The number of nitrogens with zero attached hydrogens (tertiary/aromatic N) is 2. The first-order chi connectivity index (χ1) is 9.66. The number of aromatic nitrogens is 1. The van der Waals surface area contributed by atoms with Crippen LogP contribution >= 0.6 is 11.6 Å². The van der Waals surface area contributed by atoms with E-state index < -0.39 is 0 Å². The van der Waals surface area contributed by atoms with Crippen molar-refractivity contribution in [3.05, 3.63) is 57.9 Å². The lowest BCUT2D eigenvalue weighted by atomic mass is 10.0. The normalized spacial score (nSPS) is 14.1. The van der Waals surface area contributed by atoms with Gasteiger partial charge < -0.3 is 4.74 Å². The Bertz CT molecular complexity index is 695. The first kappa shape index (κ1) is 13.1. The molecule has 1 aliphatic heterocycles. The Hall–Kier alpha value is -1.87. The molecule has 2 aromatic rings. The highest BCUT2D eigenvalue weighted by molar-refractivity contribution is 6.33. The van der Waals surface area contributed by atoms with Gasteiger partial charge in [0, 0.05) is 23.0 Å². The van der Waals surface area contributed by atoms with Gasteiger partial charge in [-0.3, -0.25) is 9.98 Å². The lowest BCUT2D eigenvalue weighted by molar-refractivity contribution is 0.331. The minimum atomic E-state index is 0.540. The minimum Gasteiger partial charge on any atom is -0.489 e. The van der Waals surface area contributed by atoms with Gasteiger partial charge in [-0.25, -0.2) is 0 Å². The predicted molar refractivity (Wildman–Crippen MR) is 81.2 cm³/mol. The third-order valence-corrected chi connectivity index (χ3v) is 3.74. The van der Waals surface area contributed by atoms with Crippen LogP contribution in [0.1, 0.15) is 22.4 Å². The van der Waals surface area contributed by atoms with E-state index in [1.165, 1.54) is 0 Å². The molecule has 0 spiro atoms. The van der Waals surface area contributed by atoms with Crippen LogP contribution in [0.5, 0.6) is 5.75 Å². The molecular formula is C16H15ClN2O. The minimum absolute atomic E-state index is 0.540. The summed E-state index contributed by atoms with van der Waals surface area (Å²) in [6.45, 7) is 5.21. The van der Waals surface area contributed by atoms with E-state index in [1.807, 2.05) is 31.3 Å². The highest BCUT2D eigenvalue weighted by Crippen LogP contribution is 2.32. The van der Waals surface area contributed by atoms with Crippen LogP contribution in [0, 0.1) is 13.8 Å². The molecule has 2 heterocycles. The van der Waals surface area contributed by atoms with Gasteiger partial charge in [0.15, 0.2) is 0 Å². The van der Waals surface area contributed by atoms with Gasteiger partial charge in [-0.2, -0.15) is 0 Å². The second-order valence-electron chi connectivity index (χ2n) is 4.82. The fourth-order valence-corrected chi connectivity index (χ4v) is 2.48. The van der Waals surface area contributed by atoms with E-state index in [4.69, 9.17) is 16.3 Å². The molecule has 1 aromatic carbocycles. The topological polar surface area (TPSA) is 34.5 Å². The van der Waals surface area contributed by atoms with Crippen molar-refractivity contribution in [1.82, 2.24) is 4.98 Å². The Morgan fingerprint density at radius 1 is 1.25 bits per heavy atom. The number of hydrogen-bond donors (Lipinski definition) is 0. The van der Waals surface area contributed by atoms with Crippen molar-refractivity contribution in [2.45, 2.75) is 13.8 Å². The second kappa shape index (κ2) is 5.25. The van der Waals surface area contributed by atoms with Crippen LogP contribution < -0.4 is 4.74 Å². The predicted octanol–water partition coefficient (Wildman–Crippen LogP) is 3.58. The largest absolute Gasteiger partial charge is 0.489 e. The number of hydrogen-bond acceptors (Lipinski definition) is 3. The third kappa shape index (κ3) is 2.29. The molecule has 20 heavy (non-hydrogen) atoms. The molecule has 0 saturated carbocycles. The first-order valence-corrected chi connectivity index (χ1v) is 6.94. The van der Waals surface area contributed by atoms with Crippen molar-refractivity contribution in [3.8, 4) is 5.75 Å². The number of halogens is 1. The molecule has 102 valence electrons. The van der Waals surface area contributed by atoms with Gasteiger partial charge in [0.05, 0.1) is 17.3 Å². The number of benzene rings is 1. The maximum Gasteiger partial charge on any atom is 0.147 e. The second-order valence-corrected chi connectivity index (χ2v) is 5.23. The number of para-hydroxylation sites is 1. The number of aryl methyl sites for hydroxylation is 2. The van der Waals surface area contributed by atoms with Gasteiger partial charge in [-0.15, -0.1) is 0 Å². The van der Waals surface area contributed by atoms with Crippen molar-refractivity contribution in [2.24, 2.45) is 4.99 Å². The van der Waals surface area contributed by atoms with Crippen LogP contribution in [0.4, 0.5) is 0 Å². The van der Waals surface area contributed by atoms with Crippen LogP contribution in [0.25, 0.3) is 0 Å². The highest BCUT2D eigenvalue weighted by Gasteiger charge is 2.18. The smallest absolute Gasteiger partial charge is 0.147 e. The molecule has 0 N–H and O–H groups in total. The third-order valence-electron chi connectivity index (χ3n) is 3.44. The SMILES string of the molecule is Cc1cc(C2=NCCOc3c(Cl)cccc32)cnc1C. The number of ether oxygens (including phenoxy) is 1. The van der Waals surface area contributed by atoms with E-state index in [0.29, 0.717) is 23.9 Å². The molecule has 1 aromatic heterocycles. The zero-order chi connectivity index (χ0) is 14.1. The summed E-state index contributed by atoms with van der Waals surface area (Å²) < 4.78 is 5.72. The summed E-state index contributed by atoms with van der Waals surface area (Å²) >= 11 is 6.23. The van der Waals surface area contributed by atoms with E-state index in [-0.39, 0.29) is 0 Å². The summed E-state index contributed by atoms with van der Waals surface area (Å²) in [6, 6.07) is 7.85. The Kier molecular flexibility index (Phi) is 3.45. The Morgan fingerprint density at radius 3 is 2.90 bits per heavy atom. The summed E-state index contributed by atoms with van der Waals surface area (Å²) in [7, 11) is 0. The molecule has 0 bridgehead atoms. The maximum absolute atomic E-state index is 6.23. The standard InChI is InChI=1S/C16H15ClN2O/c1-10-8-12(9-19-11(10)2)15-13-4-3-5-14(17)16(13)20-7-6-18-15/h3-5,8-9H,6-7H2,1-2H3. The lowest BCUT2D eigenvalue weighted by Crippen LogP contribution is -2.06. The van der Waals surface area contributed by atoms with Crippen molar-refractivity contribution >= 4 is 17.3 Å². The van der Waals surface area contributed by atoms with E-state index in [1.54, 1.807) is 0 Å². The molecular weight excluding hydrogens is 272 g/mol. The van der Waals surface area contributed by atoms with E-state index in [9.17, 15) is 0 Å². The van der Waals surface area contributed by atoms with Crippen LogP contribution in [0.3, 0.4) is 0 Å². The molecule has 0 amide bonds. The number of rotatable bonds is 1. The van der Waals surface area contributed by atoms with Crippen LogP contribution in [-0.2, 0) is 0 Å². The Morgan fingerprint density at radius 2 is 2.10 bits per heavy atom. The number of pyridine rings is 1. The maximum atomic E-state index is 6.23. The summed E-state index contributed by atoms with van der Waals surface area (Å²) in [5, 5.41) is 0.619. The van der Waals surface area contributed by atoms with E-state index in [2.05, 4.69) is 23.0 Å².